The predicted molar refractivity (Wildman–Crippen MR) is 108 cm³/mol. The lowest BCUT2D eigenvalue weighted by atomic mass is 9.63. The molecule has 1 aromatic heterocycles. The van der Waals surface area contributed by atoms with Crippen LogP contribution < -0.4 is 0 Å². The van der Waals surface area contributed by atoms with Gasteiger partial charge in [0.25, 0.3) is 11.8 Å². The third-order valence-corrected chi connectivity index (χ3v) is 7.43. The van der Waals surface area contributed by atoms with Gasteiger partial charge < -0.3 is 4.42 Å². The highest BCUT2D eigenvalue weighted by molar-refractivity contribution is 6.31. The zero-order chi connectivity index (χ0) is 19.9. The molecule has 146 valence electrons. The van der Waals surface area contributed by atoms with Crippen LogP contribution in [0.4, 0.5) is 0 Å². The van der Waals surface area contributed by atoms with E-state index in [4.69, 9.17) is 16.0 Å². The average molecular weight is 407 g/mol. The molecule has 1 saturated heterocycles. The van der Waals surface area contributed by atoms with E-state index >= 15 is 0 Å². The first-order valence-electron chi connectivity index (χ1n) is 9.99. The number of hydrogen-bond acceptors (Lipinski definition) is 4. The molecule has 2 saturated carbocycles. The highest BCUT2D eigenvalue weighted by Crippen LogP contribution is 2.65. The Kier molecular flexibility index (Phi) is 3.52. The Balaban J connectivity index is 1.24. The molecule has 2 amide bonds. The molecule has 0 radical (unpaired) electrons. The van der Waals surface area contributed by atoms with E-state index in [9.17, 15) is 9.59 Å². The minimum absolute atomic E-state index is 0.168. The van der Waals surface area contributed by atoms with E-state index in [1.54, 1.807) is 6.07 Å². The first-order valence-corrected chi connectivity index (χ1v) is 10.4. The molecule has 1 aromatic carbocycles. The predicted octanol–water partition coefficient (Wildman–Crippen LogP) is 4.30. The van der Waals surface area contributed by atoms with E-state index in [0.29, 0.717) is 28.4 Å². The molecule has 0 spiro atoms. The SMILES string of the molecule is Cc1ccc(-c2ccc(/C=N\N3C(=O)[C@@H]4[C@@H]5C=C[C@H]([C@@H]6C[C@H]56)[C@H]4C3=O)o2)cc1Cl. The summed E-state index contributed by atoms with van der Waals surface area (Å²) < 4.78 is 5.82. The van der Waals surface area contributed by atoms with Gasteiger partial charge in [-0.05, 0) is 60.8 Å². The molecule has 2 heterocycles. The van der Waals surface area contributed by atoms with Crippen molar-refractivity contribution in [2.24, 2.45) is 40.6 Å². The van der Waals surface area contributed by atoms with Gasteiger partial charge in [-0.25, -0.2) is 0 Å². The van der Waals surface area contributed by atoms with Crippen molar-refractivity contribution in [3.05, 3.63) is 58.8 Å². The zero-order valence-electron chi connectivity index (χ0n) is 15.8. The summed E-state index contributed by atoms with van der Waals surface area (Å²) in [5.74, 6) is 1.90. The van der Waals surface area contributed by atoms with Gasteiger partial charge in [0.15, 0.2) is 0 Å². The summed E-state index contributed by atoms with van der Waals surface area (Å²) in [6.07, 6.45) is 6.91. The van der Waals surface area contributed by atoms with Crippen LogP contribution in [0.2, 0.25) is 5.02 Å². The molecule has 3 fully saturated rings. The maximum Gasteiger partial charge on any atom is 0.254 e. The van der Waals surface area contributed by atoms with Gasteiger partial charge in [0, 0.05) is 10.6 Å². The fraction of sp³-hybridized carbons (Fsp3) is 0.348. The summed E-state index contributed by atoms with van der Waals surface area (Å²) >= 11 is 6.20. The molecule has 0 N–H and O–H groups in total. The second-order valence-electron chi connectivity index (χ2n) is 8.55. The number of nitrogens with zero attached hydrogens (tertiary/aromatic N) is 2. The Hall–Kier alpha value is -2.66. The smallest absolute Gasteiger partial charge is 0.254 e. The summed E-state index contributed by atoms with van der Waals surface area (Å²) in [6, 6.07) is 9.32. The summed E-state index contributed by atoms with van der Waals surface area (Å²) in [5, 5.41) is 5.96. The van der Waals surface area contributed by atoms with Crippen molar-refractivity contribution < 1.29 is 14.0 Å². The molecule has 5 nitrogen and oxygen atoms in total. The molecular weight excluding hydrogens is 388 g/mol. The molecule has 1 aliphatic heterocycles. The van der Waals surface area contributed by atoms with Crippen LogP contribution in [0.15, 0.2) is 52.0 Å². The number of hydrazone groups is 1. The molecule has 6 heteroatoms. The number of carbonyl (C=O) groups excluding carboxylic acids is 2. The number of aryl methyl sites for hydroxylation is 1. The molecule has 4 aliphatic carbocycles. The van der Waals surface area contributed by atoms with Crippen LogP contribution in [0.1, 0.15) is 17.7 Å². The first kappa shape index (κ1) is 17.2. The minimum Gasteiger partial charge on any atom is -0.455 e. The van der Waals surface area contributed by atoms with Crippen molar-refractivity contribution in [1.29, 1.82) is 0 Å². The maximum absolute atomic E-state index is 12.9. The molecular formula is C23H19ClN2O3. The third-order valence-electron chi connectivity index (χ3n) is 7.02. The molecule has 2 aromatic rings. The molecule has 2 bridgehead atoms. The fourth-order valence-corrected chi connectivity index (χ4v) is 5.67. The van der Waals surface area contributed by atoms with Crippen molar-refractivity contribution in [3.8, 4) is 11.3 Å². The van der Waals surface area contributed by atoms with E-state index in [2.05, 4.69) is 17.3 Å². The van der Waals surface area contributed by atoms with Crippen LogP contribution in [0.25, 0.3) is 11.3 Å². The van der Waals surface area contributed by atoms with Gasteiger partial charge in [0.1, 0.15) is 11.5 Å². The lowest BCUT2D eigenvalue weighted by molar-refractivity contribution is -0.140. The Morgan fingerprint density at radius 3 is 2.41 bits per heavy atom. The number of amides is 2. The summed E-state index contributed by atoms with van der Waals surface area (Å²) in [5.41, 5.74) is 1.86. The van der Waals surface area contributed by atoms with Gasteiger partial charge in [0.2, 0.25) is 0 Å². The number of imide groups is 1. The second-order valence-corrected chi connectivity index (χ2v) is 8.96. The van der Waals surface area contributed by atoms with E-state index in [1.165, 1.54) is 6.21 Å². The first-order chi connectivity index (χ1) is 14.0. The van der Waals surface area contributed by atoms with Crippen LogP contribution in [0.3, 0.4) is 0 Å². The third kappa shape index (κ3) is 2.43. The van der Waals surface area contributed by atoms with Crippen LogP contribution >= 0.6 is 11.6 Å². The van der Waals surface area contributed by atoms with Crippen molar-refractivity contribution in [3.63, 3.8) is 0 Å². The topological polar surface area (TPSA) is 62.9 Å². The van der Waals surface area contributed by atoms with E-state index in [0.717, 1.165) is 22.6 Å². The molecule has 0 unspecified atom stereocenters. The number of halogens is 1. The quantitative estimate of drug-likeness (QED) is 0.434. The number of carbonyl (C=O) groups is 2. The highest BCUT2D eigenvalue weighted by atomic mass is 35.5. The fourth-order valence-electron chi connectivity index (χ4n) is 5.49. The van der Waals surface area contributed by atoms with Crippen LogP contribution in [-0.2, 0) is 9.59 Å². The summed E-state index contributed by atoms with van der Waals surface area (Å²) in [4.78, 5) is 25.9. The number of furan rings is 1. The van der Waals surface area contributed by atoms with E-state index in [-0.39, 0.29) is 35.5 Å². The molecule has 7 rings (SSSR count). The van der Waals surface area contributed by atoms with E-state index < -0.39 is 0 Å². The van der Waals surface area contributed by atoms with Crippen molar-refractivity contribution in [2.75, 3.05) is 0 Å². The van der Waals surface area contributed by atoms with Gasteiger partial charge in [0.05, 0.1) is 18.1 Å². The van der Waals surface area contributed by atoms with Gasteiger partial charge in [-0.1, -0.05) is 35.9 Å². The van der Waals surface area contributed by atoms with Gasteiger partial charge in [-0.15, -0.1) is 0 Å². The Morgan fingerprint density at radius 1 is 1.07 bits per heavy atom. The van der Waals surface area contributed by atoms with Crippen LogP contribution in [0.5, 0.6) is 0 Å². The number of rotatable bonds is 3. The van der Waals surface area contributed by atoms with E-state index in [1.807, 2.05) is 31.2 Å². The van der Waals surface area contributed by atoms with Crippen LogP contribution in [0, 0.1) is 42.4 Å². The number of benzene rings is 1. The standard InChI is InChI=1S/C23H19ClN2O3/c1-11-2-3-12(8-18(11)24)19-7-4-13(29-19)10-25-26-22(27)20-14-5-6-15(17-9-16(14)17)21(20)23(26)28/h2-8,10,14-17,20-21H,9H2,1H3/b25-10-/t14-,15-,16-,17+,20-,21-/m1/s1. The van der Waals surface area contributed by atoms with Crippen molar-refractivity contribution >= 4 is 29.6 Å². The molecule has 5 aliphatic rings. The van der Waals surface area contributed by atoms with Crippen molar-refractivity contribution in [2.45, 2.75) is 13.3 Å². The largest absolute Gasteiger partial charge is 0.455 e. The van der Waals surface area contributed by atoms with Crippen molar-refractivity contribution in [1.82, 2.24) is 5.01 Å². The summed E-state index contributed by atoms with van der Waals surface area (Å²) in [7, 11) is 0. The Bertz CT molecular complexity index is 1080. The number of hydrogen-bond donors (Lipinski definition) is 0. The number of allylic oxidation sites excluding steroid dienone is 2. The van der Waals surface area contributed by atoms with Crippen LogP contribution in [-0.4, -0.2) is 23.0 Å². The normalized spacial score (nSPS) is 34.2. The molecule has 6 atom stereocenters. The van der Waals surface area contributed by atoms with Gasteiger partial charge in [-0.2, -0.15) is 10.1 Å². The minimum atomic E-state index is -0.236. The lowest BCUT2D eigenvalue weighted by Crippen LogP contribution is -2.40. The monoisotopic (exact) mass is 406 g/mol. The molecule has 29 heavy (non-hydrogen) atoms. The Labute approximate surface area is 173 Å². The van der Waals surface area contributed by atoms with Gasteiger partial charge in [-0.3, -0.25) is 9.59 Å². The zero-order valence-corrected chi connectivity index (χ0v) is 16.5. The van der Waals surface area contributed by atoms with Gasteiger partial charge >= 0.3 is 0 Å². The summed E-state index contributed by atoms with van der Waals surface area (Å²) in [6.45, 7) is 1.94. The second kappa shape index (κ2) is 5.92. The Morgan fingerprint density at radius 2 is 1.76 bits per heavy atom. The average Bonchev–Trinajstić information content (AvgIpc) is 3.36. The maximum atomic E-state index is 12.9. The lowest BCUT2D eigenvalue weighted by Gasteiger charge is -2.37. The highest BCUT2D eigenvalue weighted by Gasteiger charge is 2.67.